The highest BCUT2D eigenvalue weighted by Gasteiger charge is 2.49. The van der Waals surface area contributed by atoms with Crippen LogP contribution in [0.4, 0.5) is 16.2 Å². The minimum atomic E-state index is -0.969. The lowest BCUT2D eigenvalue weighted by Gasteiger charge is -2.34. The fraction of sp³-hybridized carbons (Fsp3) is 0.450. The molecule has 2 N–H and O–H groups in total. The summed E-state index contributed by atoms with van der Waals surface area (Å²) in [5.74, 6) is -2.51. The second-order valence-corrected chi connectivity index (χ2v) is 7.48. The van der Waals surface area contributed by atoms with E-state index in [0.29, 0.717) is 22.7 Å². The van der Waals surface area contributed by atoms with E-state index in [9.17, 15) is 24.0 Å². The Morgan fingerprint density at radius 2 is 1.55 bits per heavy atom. The topological polar surface area (TPSA) is 116 Å². The van der Waals surface area contributed by atoms with Gasteiger partial charge in [-0.1, -0.05) is 19.8 Å². The SMILES string of the molecule is CC(=O)Nc1ccc(NC(=O)CN2C(=O)C(=O)N([C@H]3CCCC[C@@H]3C)C2=O)cc1. The number of rotatable bonds is 5. The maximum atomic E-state index is 12.7. The van der Waals surface area contributed by atoms with Crippen LogP contribution in [0.2, 0.25) is 0 Å². The van der Waals surface area contributed by atoms with Crippen molar-refractivity contribution < 1.29 is 24.0 Å². The molecule has 9 heteroatoms. The summed E-state index contributed by atoms with van der Waals surface area (Å²) in [7, 11) is 0. The fourth-order valence-corrected chi connectivity index (χ4v) is 3.82. The molecule has 1 saturated heterocycles. The first-order chi connectivity index (χ1) is 13.8. The highest BCUT2D eigenvalue weighted by Crippen LogP contribution is 2.31. The molecular formula is C20H24N4O5. The van der Waals surface area contributed by atoms with Crippen molar-refractivity contribution in [2.45, 2.75) is 45.6 Å². The van der Waals surface area contributed by atoms with Crippen LogP contribution in [0.3, 0.4) is 0 Å². The Hall–Kier alpha value is -3.23. The Morgan fingerprint density at radius 1 is 0.966 bits per heavy atom. The zero-order chi connectivity index (χ0) is 21.1. The van der Waals surface area contributed by atoms with Crippen LogP contribution < -0.4 is 10.6 Å². The summed E-state index contributed by atoms with van der Waals surface area (Å²) < 4.78 is 0. The lowest BCUT2D eigenvalue weighted by Crippen LogP contribution is -2.46. The predicted molar refractivity (Wildman–Crippen MR) is 105 cm³/mol. The van der Waals surface area contributed by atoms with Gasteiger partial charge in [-0.05, 0) is 43.0 Å². The molecule has 0 spiro atoms. The van der Waals surface area contributed by atoms with Crippen LogP contribution in [0, 0.1) is 5.92 Å². The summed E-state index contributed by atoms with van der Waals surface area (Å²) in [6, 6.07) is 5.35. The molecule has 0 unspecified atom stereocenters. The zero-order valence-electron chi connectivity index (χ0n) is 16.4. The first-order valence-electron chi connectivity index (χ1n) is 9.64. The third kappa shape index (κ3) is 4.44. The second kappa shape index (κ2) is 8.42. The number of carbonyl (C=O) groups is 5. The molecule has 6 amide bonds. The smallest absolute Gasteiger partial charge is 0.326 e. The molecule has 1 aliphatic heterocycles. The van der Waals surface area contributed by atoms with Gasteiger partial charge in [0, 0.05) is 24.3 Å². The number of amides is 6. The summed E-state index contributed by atoms with van der Waals surface area (Å²) in [5.41, 5.74) is 1.01. The second-order valence-electron chi connectivity index (χ2n) is 7.48. The molecular weight excluding hydrogens is 376 g/mol. The summed E-state index contributed by atoms with van der Waals surface area (Å²) in [5, 5.41) is 5.19. The fourth-order valence-electron chi connectivity index (χ4n) is 3.82. The van der Waals surface area contributed by atoms with Gasteiger partial charge in [0.2, 0.25) is 11.8 Å². The van der Waals surface area contributed by atoms with Gasteiger partial charge in [0.15, 0.2) is 0 Å². The molecule has 0 aromatic heterocycles. The van der Waals surface area contributed by atoms with E-state index in [1.165, 1.54) is 6.92 Å². The number of carbonyl (C=O) groups excluding carboxylic acids is 5. The van der Waals surface area contributed by atoms with Crippen molar-refractivity contribution in [2.24, 2.45) is 5.92 Å². The maximum absolute atomic E-state index is 12.7. The summed E-state index contributed by atoms with van der Waals surface area (Å²) >= 11 is 0. The molecule has 0 radical (unpaired) electrons. The molecule has 0 bridgehead atoms. The van der Waals surface area contributed by atoms with E-state index >= 15 is 0 Å². The Morgan fingerprint density at radius 3 is 2.14 bits per heavy atom. The van der Waals surface area contributed by atoms with E-state index in [4.69, 9.17) is 0 Å². The molecule has 1 aliphatic carbocycles. The highest BCUT2D eigenvalue weighted by molar-refractivity contribution is 6.45. The molecule has 2 fully saturated rings. The zero-order valence-corrected chi connectivity index (χ0v) is 16.4. The maximum Gasteiger partial charge on any atom is 0.334 e. The van der Waals surface area contributed by atoms with E-state index in [2.05, 4.69) is 10.6 Å². The molecule has 2 aliphatic rings. The Kier molecular flexibility index (Phi) is 5.95. The number of nitrogens with zero attached hydrogens (tertiary/aromatic N) is 2. The molecule has 154 valence electrons. The van der Waals surface area contributed by atoms with Crippen molar-refractivity contribution in [3.8, 4) is 0 Å². The van der Waals surface area contributed by atoms with Gasteiger partial charge in [0.1, 0.15) is 6.54 Å². The normalized spacial score (nSPS) is 22.1. The standard InChI is InChI=1S/C20H24N4O5/c1-12-5-3-4-6-16(12)24-19(28)18(27)23(20(24)29)11-17(26)22-15-9-7-14(8-10-15)21-13(2)25/h7-10,12,16H,3-6,11H2,1-2H3,(H,21,25)(H,22,26)/t12-,16-/m0/s1. The van der Waals surface area contributed by atoms with E-state index in [-0.39, 0.29) is 17.9 Å². The third-order valence-electron chi connectivity index (χ3n) is 5.27. The molecule has 3 rings (SSSR count). The molecule has 2 atom stereocenters. The quantitative estimate of drug-likeness (QED) is 0.579. The number of hydrogen-bond acceptors (Lipinski definition) is 5. The van der Waals surface area contributed by atoms with Crippen molar-refractivity contribution in [3.05, 3.63) is 24.3 Å². The lowest BCUT2D eigenvalue weighted by molar-refractivity contribution is -0.145. The molecule has 9 nitrogen and oxygen atoms in total. The Bertz CT molecular complexity index is 851. The Balaban J connectivity index is 1.64. The summed E-state index contributed by atoms with van der Waals surface area (Å²) in [6.45, 7) is 2.82. The number of anilines is 2. The van der Waals surface area contributed by atoms with Gasteiger partial charge >= 0.3 is 17.8 Å². The molecule has 1 heterocycles. The van der Waals surface area contributed by atoms with Crippen molar-refractivity contribution in [1.29, 1.82) is 0 Å². The minimum absolute atomic E-state index is 0.125. The van der Waals surface area contributed by atoms with E-state index in [0.717, 1.165) is 24.2 Å². The van der Waals surface area contributed by atoms with Crippen LogP contribution in [0.5, 0.6) is 0 Å². The molecule has 1 aromatic rings. The van der Waals surface area contributed by atoms with Gasteiger partial charge in [-0.3, -0.25) is 24.1 Å². The van der Waals surface area contributed by atoms with Crippen molar-refractivity contribution >= 4 is 41.0 Å². The number of nitrogens with one attached hydrogen (secondary N) is 2. The number of urea groups is 1. The van der Waals surface area contributed by atoms with Gasteiger partial charge in [-0.2, -0.15) is 0 Å². The number of imide groups is 2. The van der Waals surface area contributed by atoms with E-state index in [1.807, 2.05) is 6.92 Å². The van der Waals surface area contributed by atoms with Crippen molar-refractivity contribution in [2.75, 3.05) is 17.2 Å². The largest absolute Gasteiger partial charge is 0.334 e. The lowest BCUT2D eigenvalue weighted by atomic mass is 9.85. The predicted octanol–water partition coefficient (Wildman–Crippen LogP) is 1.95. The average molecular weight is 400 g/mol. The van der Waals surface area contributed by atoms with E-state index < -0.39 is 30.3 Å². The minimum Gasteiger partial charge on any atom is -0.326 e. The first kappa shape index (κ1) is 20.5. The van der Waals surface area contributed by atoms with Gasteiger partial charge in [0.05, 0.1) is 0 Å². The van der Waals surface area contributed by atoms with Gasteiger partial charge < -0.3 is 10.6 Å². The van der Waals surface area contributed by atoms with Crippen molar-refractivity contribution in [3.63, 3.8) is 0 Å². The highest BCUT2D eigenvalue weighted by atomic mass is 16.2. The summed E-state index contributed by atoms with van der Waals surface area (Å²) in [4.78, 5) is 62.5. The molecule has 1 aromatic carbocycles. The number of hydrogen-bond donors (Lipinski definition) is 2. The first-order valence-corrected chi connectivity index (χ1v) is 9.64. The summed E-state index contributed by atoms with van der Waals surface area (Å²) in [6.07, 6.45) is 3.50. The van der Waals surface area contributed by atoms with Gasteiger partial charge in [0.25, 0.3) is 0 Å². The van der Waals surface area contributed by atoms with Gasteiger partial charge in [-0.15, -0.1) is 0 Å². The van der Waals surface area contributed by atoms with Crippen LogP contribution in [0.1, 0.15) is 39.5 Å². The molecule has 29 heavy (non-hydrogen) atoms. The molecule has 1 saturated carbocycles. The third-order valence-corrected chi connectivity index (χ3v) is 5.27. The van der Waals surface area contributed by atoms with Crippen molar-refractivity contribution in [1.82, 2.24) is 9.80 Å². The van der Waals surface area contributed by atoms with Crippen LogP contribution in [-0.2, 0) is 19.2 Å². The van der Waals surface area contributed by atoms with Crippen LogP contribution >= 0.6 is 0 Å². The van der Waals surface area contributed by atoms with Crippen LogP contribution in [-0.4, -0.2) is 52.0 Å². The van der Waals surface area contributed by atoms with Crippen LogP contribution in [0.15, 0.2) is 24.3 Å². The Labute approximate surface area is 168 Å². The van der Waals surface area contributed by atoms with Gasteiger partial charge in [-0.25, -0.2) is 9.69 Å². The van der Waals surface area contributed by atoms with E-state index in [1.54, 1.807) is 24.3 Å². The van der Waals surface area contributed by atoms with Crippen LogP contribution in [0.25, 0.3) is 0 Å². The number of benzene rings is 1. The average Bonchev–Trinajstić information content (AvgIpc) is 2.87. The monoisotopic (exact) mass is 400 g/mol.